The van der Waals surface area contributed by atoms with E-state index in [2.05, 4.69) is 13.2 Å². The van der Waals surface area contributed by atoms with E-state index in [1.165, 1.54) is 0 Å². The molecule has 0 spiro atoms. The van der Waals surface area contributed by atoms with Gasteiger partial charge in [-0.2, -0.15) is 0 Å². The molecule has 9 heavy (non-hydrogen) atoms. The zero-order valence-corrected chi connectivity index (χ0v) is 8.64. The standard InChI is InChI=1S/C6H12OSi2/c1-4-8-9-6(7)5(2)3/h4H,1-2,8-9H2,3H3. The molecule has 0 N–H and O–H groups in total. The number of hydrogen-bond donors (Lipinski definition) is 0. The van der Waals surface area contributed by atoms with Crippen molar-refractivity contribution in [3.63, 3.8) is 0 Å². The summed E-state index contributed by atoms with van der Waals surface area (Å²) in [5.41, 5.74) is 2.67. The fraction of sp³-hybridized carbons (Fsp3) is 0.167. The second-order valence-corrected chi connectivity index (χ2v) is 7.56. The topological polar surface area (TPSA) is 17.1 Å². The Morgan fingerprint density at radius 2 is 2.22 bits per heavy atom. The number of carbonyl (C=O) groups excluding carboxylic acids is 1. The number of rotatable bonds is 4. The van der Waals surface area contributed by atoms with E-state index in [4.69, 9.17) is 0 Å². The van der Waals surface area contributed by atoms with Crippen LogP contribution in [-0.2, 0) is 4.79 Å². The van der Waals surface area contributed by atoms with Crippen molar-refractivity contribution in [3.05, 3.63) is 24.4 Å². The first-order valence-electron chi connectivity index (χ1n) is 2.98. The number of carbonyl (C=O) groups is 1. The number of allylic oxidation sites excluding steroid dienone is 1. The predicted molar refractivity (Wildman–Crippen MR) is 47.1 cm³/mol. The van der Waals surface area contributed by atoms with Gasteiger partial charge in [-0.3, -0.25) is 0 Å². The van der Waals surface area contributed by atoms with Crippen LogP contribution < -0.4 is 0 Å². The van der Waals surface area contributed by atoms with E-state index < -0.39 is 9.04 Å². The normalized spacial score (nSPS) is 11.2. The van der Waals surface area contributed by atoms with Crippen LogP contribution in [-0.4, -0.2) is 23.5 Å². The van der Waals surface area contributed by atoms with E-state index in [9.17, 15) is 4.79 Å². The first-order valence-corrected chi connectivity index (χ1v) is 8.50. The van der Waals surface area contributed by atoms with Crippen LogP contribution in [0.15, 0.2) is 24.4 Å². The largest absolute Gasteiger partial charge is 0.302 e. The molecule has 0 aliphatic heterocycles. The van der Waals surface area contributed by atoms with Gasteiger partial charge in [-0.05, 0) is 12.5 Å². The van der Waals surface area contributed by atoms with Crippen LogP contribution in [0.2, 0.25) is 0 Å². The van der Waals surface area contributed by atoms with Gasteiger partial charge in [-0.15, -0.1) is 12.3 Å². The Morgan fingerprint density at radius 1 is 1.67 bits per heavy atom. The van der Waals surface area contributed by atoms with Gasteiger partial charge in [-0.25, -0.2) is 0 Å². The van der Waals surface area contributed by atoms with Crippen LogP contribution in [0, 0.1) is 0 Å². The highest BCUT2D eigenvalue weighted by Gasteiger charge is 1.99. The molecular formula is C6H12OSi2. The van der Waals surface area contributed by atoms with Crippen LogP contribution in [0.4, 0.5) is 0 Å². The lowest BCUT2D eigenvalue weighted by molar-refractivity contribution is -0.108. The van der Waals surface area contributed by atoms with Gasteiger partial charge >= 0.3 is 0 Å². The zero-order valence-electron chi connectivity index (χ0n) is 5.81. The molecule has 0 saturated carbocycles. The number of hydrogen-bond acceptors (Lipinski definition) is 1. The molecule has 0 radical (unpaired) electrons. The third kappa shape index (κ3) is 4.11. The summed E-state index contributed by atoms with van der Waals surface area (Å²) in [5.74, 6) is 0. The SMILES string of the molecule is C=C[SiH2][SiH2]C(=O)C(=C)C. The van der Waals surface area contributed by atoms with E-state index in [0.29, 0.717) is 5.41 Å². The molecule has 50 valence electrons. The summed E-state index contributed by atoms with van der Waals surface area (Å²) in [7, 11) is -0.606. The molecule has 0 aliphatic rings. The van der Waals surface area contributed by atoms with Crippen molar-refractivity contribution in [1.29, 1.82) is 0 Å². The van der Waals surface area contributed by atoms with Gasteiger partial charge in [0, 0.05) is 9.04 Å². The Bertz CT molecular complexity index is 140. The summed E-state index contributed by atoms with van der Waals surface area (Å²) in [6, 6.07) is 0. The van der Waals surface area contributed by atoms with Gasteiger partial charge in [0.2, 0.25) is 0 Å². The molecular weight excluding hydrogens is 144 g/mol. The van der Waals surface area contributed by atoms with Crippen LogP contribution >= 0.6 is 0 Å². The van der Waals surface area contributed by atoms with E-state index in [0.717, 1.165) is 5.57 Å². The average Bonchev–Trinajstić information content (AvgIpc) is 1.82. The molecule has 0 aromatic carbocycles. The van der Waals surface area contributed by atoms with Crippen molar-refractivity contribution < 1.29 is 4.79 Å². The highest BCUT2D eigenvalue weighted by Crippen LogP contribution is 1.85. The van der Waals surface area contributed by atoms with E-state index in [1.807, 2.05) is 5.70 Å². The molecule has 0 aliphatic carbocycles. The Kier molecular flexibility index (Phi) is 4.26. The Morgan fingerprint density at radius 3 is 2.56 bits per heavy atom. The summed E-state index contributed by atoms with van der Waals surface area (Å²) in [6.07, 6.45) is 0. The summed E-state index contributed by atoms with van der Waals surface area (Å²) in [4.78, 5) is 10.9. The first-order chi connectivity index (χ1) is 4.18. The lowest BCUT2D eigenvalue weighted by Gasteiger charge is -1.91. The van der Waals surface area contributed by atoms with Crippen LogP contribution in [0.1, 0.15) is 6.92 Å². The monoisotopic (exact) mass is 156 g/mol. The molecule has 0 aromatic heterocycles. The van der Waals surface area contributed by atoms with Gasteiger partial charge in [-0.1, -0.05) is 6.58 Å². The van der Waals surface area contributed by atoms with Crippen molar-refractivity contribution >= 4 is 23.5 Å². The van der Waals surface area contributed by atoms with Crippen molar-refractivity contribution in [1.82, 2.24) is 0 Å². The molecule has 0 amide bonds. The summed E-state index contributed by atoms with van der Waals surface area (Å²) < 4.78 is 0. The van der Waals surface area contributed by atoms with Gasteiger partial charge in [0.15, 0.2) is 0 Å². The van der Waals surface area contributed by atoms with Crippen molar-refractivity contribution in [2.75, 3.05) is 0 Å². The molecule has 0 fully saturated rings. The summed E-state index contributed by atoms with van der Waals surface area (Å²) in [5, 5.41) is 0.335. The second kappa shape index (κ2) is 4.46. The summed E-state index contributed by atoms with van der Waals surface area (Å²) in [6.45, 7) is 8.97. The quantitative estimate of drug-likeness (QED) is 0.396. The zero-order chi connectivity index (χ0) is 7.28. The lowest BCUT2D eigenvalue weighted by atomic mass is 10.4. The average molecular weight is 156 g/mol. The molecule has 0 saturated heterocycles. The van der Waals surface area contributed by atoms with Crippen molar-refractivity contribution in [2.24, 2.45) is 0 Å². The maximum absolute atomic E-state index is 10.9. The third-order valence-corrected chi connectivity index (χ3v) is 6.26. The Hall–Kier alpha value is -0.416. The molecule has 3 heteroatoms. The maximum Gasteiger partial charge on any atom is 0.125 e. The van der Waals surface area contributed by atoms with Crippen LogP contribution in [0.25, 0.3) is 0 Å². The molecule has 0 aromatic rings. The second-order valence-electron chi connectivity index (χ2n) is 2.03. The first kappa shape index (κ1) is 8.58. The van der Waals surface area contributed by atoms with E-state index >= 15 is 0 Å². The van der Waals surface area contributed by atoms with Gasteiger partial charge in [0.25, 0.3) is 0 Å². The highest BCUT2D eigenvalue weighted by molar-refractivity contribution is 7.18. The predicted octanol–water partition coefficient (Wildman–Crippen LogP) is -0.515. The van der Waals surface area contributed by atoms with Gasteiger partial charge in [0.05, 0.1) is 9.04 Å². The minimum atomic E-state index is -0.429. The lowest BCUT2D eigenvalue weighted by Crippen LogP contribution is -2.15. The molecule has 0 bridgehead atoms. The Balaban J connectivity index is 3.51. The molecule has 0 atom stereocenters. The third-order valence-electron chi connectivity index (χ3n) is 1.05. The van der Waals surface area contributed by atoms with Gasteiger partial charge in [0.1, 0.15) is 5.41 Å². The van der Waals surface area contributed by atoms with E-state index in [-0.39, 0.29) is 9.04 Å². The maximum atomic E-state index is 10.9. The fourth-order valence-electron chi connectivity index (χ4n) is 0.447. The summed E-state index contributed by atoms with van der Waals surface area (Å²) >= 11 is 0. The highest BCUT2D eigenvalue weighted by atomic mass is 29.1. The molecule has 1 nitrogen and oxygen atoms in total. The smallest absolute Gasteiger partial charge is 0.125 e. The molecule has 0 rings (SSSR count). The Labute approximate surface area is 60.3 Å². The fourth-order valence-corrected chi connectivity index (χ4v) is 4.02. The molecule has 0 heterocycles. The van der Waals surface area contributed by atoms with Crippen LogP contribution in [0.3, 0.4) is 0 Å². The van der Waals surface area contributed by atoms with Crippen LogP contribution in [0.5, 0.6) is 0 Å². The molecule has 0 unspecified atom stereocenters. The van der Waals surface area contributed by atoms with E-state index in [1.54, 1.807) is 6.92 Å². The van der Waals surface area contributed by atoms with Crippen molar-refractivity contribution in [2.45, 2.75) is 6.92 Å². The minimum Gasteiger partial charge on any atom is -0.302 e. The van der Waals surface area contributed by atoms with Crippen molar-refractivity contribution in [3.8, 4) is 0 Å². The van der Waals surface area contributed by atoms with Gasteiger partial charge < -0.3 is 4.79 Å². The minimum absolute atomic E-state index is 0.176.